The maximum atomic E-state index is 12.1. The second kappa shape index (κ2) is 11.3. The number of esters is 1. The molecule has 0 radical (unpaired) electrons. The minimum absolute atomic E-state index is 0.0339. The quantitative estimate of drug-likeness (QED) is 0.318. The van der Waals surface area contributed by atoms with Crippen LogP contribution in [0.3, 0.4) is 0 Å². The lowest BCUT2D eigenvalue weighted by atomic mass is 10.1. The Morgan fingerprint density at radius 2 is 1.85 bits per heavy atom. The third-order valence-electron chi connectivity index (χ3n) is 3.21. The average Bonchev–Trinajstić information content (AvgIpc) is 2.65. The number of alkyl carbamates (subject to hydrolysis) is 1. The summed E-state index contributed by atoms with van der Waals surface area (Å²) in [5.41, 5.74) is 0.0772. The molecule has 27 heavy (non-hydrogen) atoms. The molecule has 1 rings (SSSR count). The Bertz CT molecular complexity index is 724. The number of nitrogens with zero attached hydrogens (tertiary/aromatic N) is 2. The van der Waals surface area contributed by atoms with E-state index in [1.54, 1.807) is 45.0 Å². The first kappa shape index (κ1) is 21.6. The van der Waals surface area contributed by atoms with Crippen LogP contribution in [0.15, 0.2) is 35.5 Å². The number of ether oxygens (including phenoxy) is 2. The number of nitriles is 1. The van der Waals surface area contributed by atoms with E-state index in [9.17, 15) is 14.4 Å². The van der Waals surface area contributed by atoms with E-state index in [2.05, 4.69) is 20.0 Å². The average molecular weight is 375 g/mol. The molecular formula is C18H21N3O6. The zero-order valence-corrected chi connectivity index (χ0v) is 15.3. The third kappa shape index (κ3) is 7.56. The molecule has 1 N–H and O–H groups in total. The zero-order chi connectivity index (χ0) is 20.2. The SMILES string of the molecule is CCOC(=O)C(C#N)=NOC(=O)[C@@H](NC(=O)OCc1ccccc1)C(C)C. The van der Waals surface area contributed by atoms with E-state index in [1.165, 1.54) is 6.07 Å². The van der Waals surface area contributed by atoms with Crippen LogP contribution in [0.1, 0.15) is 26.3 Å². The molecule has 0 fully saturated rings. The molecule has 0 heterocycles. The van der Waals surface area contributed by atoms with Crippen molar-refractivity contribution in [3.63, 3.8) is 0 Å². The molecule has 144 valence electrons. The minimum atomic E-state index is -1.08. The minimum Gasteiger partial charge on any atom is -0.461 e. The lowest BCUT2D eigenvalue weighted by Gasteiger charge is -2.18. The van der Waals surface area contributed by atoms with Gasteiger partial charge in [-0.2, -0.15) is 5.26 Å². The molecule has 0 unspecified atom stereocenters. The number of benzene rings is 1. The maximum absolute atomic E-state index is 12.1. The number of rotatable bonds is 8. The molecule has 0 aliphatic carbocycles. The van der Waals surface area contributed by atoms with Crippen molar-refractivity contribution in [2.75, 3.05) is 6.61 Å². The normalized spacial score (nSPS) is 11.9. The fraction of sp³-hybridized carbons (Fsp3) is 0.389. The molecule has 1 aromatic rings. The Morgan fingerprint density at radius 1 is 1.19 bits per heavy atom. The molecule has 0 saturated heterocycles. The van der Waals surface area contributed by atoms with Gasteiger partial charge in [-0.05, 0) is 18.4 Å². The Labute approximate surface area is 156 Å². The first-order chi connectivity index (χ1) is 12.9. The van der Waals surface area contributed by atoms with Crippen LogP contribution >= 0.6 is 0 Å². The largest absolute Gasteiger partial charge is 0.461 e. The van der Waals surface area contributed by atoms with Gasteiger partial charge < -0.3 is 19.6 Å². The summed E-state index contributed by atoms with van der Waals surface area (Å²) in [6.07, 6.45) is -0.815. The number of oxime groups is 1. The maximum Gasteiger partial charge on any atom is 0.408 e. The first-order valence-electron chi connectivity index (χ1n) is 8.22. The number of amides is 1. The molecule has 0 aliphatic heterocycles. The molecule has 1 amide bonds. The van der Waals surface area contributed by atoms with Crippen LogP contribution in [0, 0.1) is 17.2 Å². The Balaban J connectivity index is 2.65. The standard InChI is InChI=1S/C18H21N3O6/c1-4-25-16(22)14(10-19)21-27-17(23)15(12(2)3)20-18(24)26-11-13-8-6-5-7-9-13/h5-9,12,15H,4,11H2,1-3H3,(H,20,24)/t15-/m0/s1. The van der Waals surface area contributed by atoms with Crippen molar-refractivity contribution in [2.45, 2.75) is 33.4 Å². The highest BCUT2D eigenvalue weighted by atomic mass is 16.7. The third-order valence-corrected chi connectivity index (χ3v) is 3.21. The van der Waals surface area contributed by atoms with Crippen molar-refractivity contribution in [3.05, 3.63) is 35.9 Å². The van der Waals surface area contributed by atoms with Crippen LogP contribution in [0.4, 0.5) is 4.79 Å². The summed E-state index contributed by atoms with van der Waals surface area (Å²) >= 11 is 0. The molecule has 1 aromatic carbocycles. The monoisotopic (exact) mass is 375 g/mol. The highest BCUT2D eigenvalue weighted by molar-refractivity contribution is 6.42. The van der Waals surface area contributed by atoms with Crippen molar-refractivity contribution >= 4 is 23.7 Å². The lowest BCUT2D eigenvalue weighted by molar-refractivity contribution is -0.147. The van der Waals surface area contributed by atoms with Crippen LogP contribution in [-0.2, 0) is 30.5 Å². The van der Waals surface area contributed by atoms with E-state index < -0.39 is 29.8 Å². The van der Waals surface area contributed by atoms with Crippen molar-refractivity contribution in [1.82, 2.24) is 5.32 Å². The zero-order valence-electron chi connectivity index (χ0n) is 15.3. The molecule has 0 saturated carbocycles. The lowest BCUT2D eigenvalue weighted by Crippen LogP contribution is -2.45. The molecule has 0 bridgehead atoms. The molecule has 9 nitrogen and oxygen atoms in total. The van der Waals surface area contributed by atoms with E-state index in [-0.39, 0.29) is 19.1 Å². The summed E-state index contributed by atoms with van der Waals surface area (Å²) in [7, 11) is 0. The van der Waals surface area contributed by atoms with Gasteiger partial charge in [0.05, 0.1) is 6.61 Å². The van der Waals surface area contributed by atoms with Crippen molar-refractivity contribution in [3.8, 4) is 6.07 Å². The van der Waals surface area contributed by atoms with Gasteiger partial charge in [-0.25, -0.2) is 14.4 Å². The van der Waals surface area contributed by atoms with Gasteiger partial charge in [-0.3, -0.25) is 0 Å². The summed E-state index contributed by atoms with van der Waals surface area (Å²) in [5.74, 6) is -2.31. The van der Waals surface area contributed by atoms with Gasteiger partial charge in [0.2, 0.25) is 0 Å². The van der Waals surface area contributed by atoms with Gasteiger partial charge in [0.15, 0.2) is 0 Å². The first-order valence-corrected chi connectivity index (χ1v) is 8.22. The summed E-state index contributed by atoms with van der Waals surface area (Å²) in [4.78, 5) is 40.1. The van der Waals surface area contributed by atoms with Crippen LogP contribution in [-0.4, -0.2) is 36.4 Å². The molecule has 0 aliphatic rings. The highest BCUT2D eigenvalue weighted by Gasteiger charge is 2.27. The summed E-state index contributed by atoms with van der Waals surface area (Å²) in [6, 6.07) is 9.41. The van der Waals surface area contributed by atoms with Crippen molar-refractivity contribution < 1.29 is 28.7 Å². The summed E-state index contributed by atoms with van der Waals surface area (Å²) < 4.78 is 9.66. The van der Waals surface area contributed by atoms with Gasteiger partial charge in [-0.15, -0.1) is 0 Å². The van der Waals surface area contributed by atoms with Crippen molar-refractivity contribution in [2.24, 2.45) is 11.1 Å². The molecule has 0 aromatic heterocycles. The number of nitrogens with one attached hydrogen (secondary N) is 1. The predicted octanol–water partition coefficient (Wildman–Crippen LogP) is 1.92. The summed E-state index contributed by atoms with van der Waals surface area (Å²) in [6.45, 7) is 4.97. The molecule has 1 atom stereocenters. The Morgan fingerprint density at radius 3 is 2.41 bits per heavy atom. The van der Waals surface area contributed by atoms with E-state index in [1.807, 2.05) is 6.07 Å². The fourth-order valence-electron chi connectivity index (χ4n) is 1.84. The van der Waals surface area contributed by atoms with E-state index in [0.29, 0.717) is 0 Å². The predicted molar refractivity (Wildman–Crippen MR) is 94.2 cm³/mol. The van der Waals surface area contributed by atoms with Gasteiger partial charge in [0.1, 0.15) is 18.7 Å². The van der Waals surface area contributed by atoms with Crippen LogP contribution in [0.2, 0.25) is 0 Å². The second-order valence-corrected chi connectivity index (χ2v) is 5.61. The fourth-order valence-corrected chi connectivity index (χ4v) is 1.84. The van der Waals surface area contributed by atoms with Gasteiger partial charge in [0.25, 0.3) is 5.71 Å². The van der Waals surface area contributed by atoms with Crippen LogP contribution < -0.4 is 5.32 Å². The number of hydrogen-bond acceptors (Lipinski definition) is 8. The van der Waals surface area contributed by atoms with Crippen LogP contribution in [0.5, 0.6) is 0 Å². The van der Waals surface area contributed by atoms with Gasteiger partial charge >= 0.3 is 18.0 Å². The number of hydrogen-bond donors (Lipinski definition) is 1. The number of carbonyl (C=O) groups is 3. The van der Waals surface area contributed by atoms with E-state index in [4.69, 9.17) is 10.00 Å². The number of carbonyl (C=O) groups excluding carboxylic acids is 3. The molecular weight excluding hydrogens is 354 g/mol. The molecule has 9 heteroatoms. The highest BCUT2D eigenvalue weighted by Crippen LogP contribution is 2.06. The van der Waals surface area contributed by atoms with Gasteiger partial charge in [0, 0.05) is 0 Å². The topological polar surface area (TPSA) is 127 Å². The van der Waals surface area contributed by atoms with Crippen molar-refractivity contribution in [1.29, 1.82) is 5.26 Å². The summed E-state index contributed by atoms with van der Waals surface area (Å²) in [5, 5.41) is 14.4. The second-order valence-electron chi connectivity index (χ2n) is 5.61. The van der Waals surface area contributed by atoms with E-state index >= 15 is 0 Å². The Hall–Kier alpha value is -3.41. The smallest absolute Gasteiger partial charge is 0.408 e. The molecule has 0 spiro atoms. The van der Waals surface area contributed by atoms with E-state index in [0.717, 1.165) is 5.56 Å². The van der Waals surface area contributed by atoms with Crippen LogP contribution in [0.25, 0.3) is 0 Å². The Kier molecular flexibility index (Phi) is 9.02. The van der Waals surface area contributed by atoms with Gasteiger partial charge in [-0.1, -0.05) is 49.3 Å².